The molecule has 4 heterocycles. The van der Waals surface area contributed by atoms with Crippen molar-refractivity contribution in [3.8, 4) is 11.5 Å². The summed E-state index contributed by atoms with van der Waals surface area (Å²) >= 11 is 0. The molecule has 2 aromatic carbocycles. The summed E-state index contributed by atoms with van der Waals surface area (Å²) in [5, 5.41) is 13.5. The number of ether oxygens (including phenoxy) is 2. The molecule has 11 nitrogen and oxygen atoms in total. The molecule has 2 N–H and O–H groups in total. The van der Waals surface area contributed by atoms with Crippen LogP contribution < -0.4 is 15.0 Å². The number of nitrogens with zero attached hydrogens (tertiary/aromatic N) is 7. The summed E-state index contributed by atoms with van der Waals surface area (Å²) in [5.74, 6) is 2.53. The summed E-state index contributed by atoms with van der Waals surface area (Å²) in [5.41, 5.74) is 4.93. The fraction of sp³-hybridized carbons (Fsp3) is 0.269. The number of anilines is 3. The van der Waals surface area contributed by atoms with Gasteiger partial charge in [0.1, 0.15) is 35.0 Å². The molecule has 0 spiro atoms. The van der Waals surface area contributed by atoms with E-state index in [1.807, 2.05) is 59.8 Å². The summed E-state index contributed by atoms with van der Waals surface area (Å²) in [6.07, 6.45) is 4.06. The van der Waals surface area contributed by atoms with Crippen molar-refractivity contribution in [1.82, 2.24) is 29.5 Å². The summed E-state index contributed by atoms with van der Waals surface area (Å²) in [4.78, 5) is 24.2. The van der Waals surface area contributed by atoms with Crippen molar-refractivity contribution in [1.29, 1.82) is 0 Å². The molecule has 6 rings (SSSR count). The number of aromatic nitrogens is 6. The van der Waals surface area contributed by atoms with Crippen LogP contribution in [0.3, 0.4) is 0 Å². The number of methoxy groups -OCH3 is 1. The quantitative estimate of drug-likeness (QED) is 0.360. The van der Waals surface area contributed by atoms with E-state index >= 15 is 0 Å². The summed E-state index contributed by atoms with van der Waals surface area (Å²) in [6, 6.07) is 11.7. The smallest absolute Gasteiger partial charge is 0.226 e. The van der Waals surface area contributed by atoms with Crippen molar-refractivity contribution in [2.45, 2.75) is 19.1 Å². The highest BCUT2D eigenvalue weighted by Gasteiger charge is 2.33. The molecular weight excluding hydrogens is 472 g/mol. The fourth-order valence-corrected chi connectivity index (χ4v) is 4.53. The molecule has 0 bridgehead atoms. The molecule has 0 unspecified atom stereocenters. The molecular formula is C26H26N8O3. The number of hydrogen-bond acceptors (Lipinski definition) is 10. The fourth-order valence-electron chi connectivity index (χ4n) is 4.53. The van der Waals surface area contributed by atoms with Crippen LogP contribution in [-0.4, -0.2) is 67.0 Å². The van der Waals surface area contributed by atoms with Gasteiger partial charge in [0.05, 0.1) is 29.7 Å². The molecule has 0 radical (unpaired) electrons. The Hall–Kier alpha value is -4.35. The molecule has 37 heavy (non-hydrogen) atoms. The van der Waals surface area contributed by atoms with Gasteiger partial charge in [-0.1, -0.05) is 0 Å². The van der Waals surface area contributed by atoms with Gasteiger partial charge in [-0.15, -0.1) is 0 Å². The van der Waals surface area contributed by atoms with Crippen molar-refractivity contribution in [3.05, 3.63) is 60.8 Å². The van der Waals surface area contributed by atoms with E-state index in [-0.39, 0.29) is 6.10 Å². The van der Waals surface area contributed by atoms with E-state index in [0.29, 0.717) is 35.9 Å². The predicted octanol–water partition coefficient (Wildman–Crippen LogP) is 3.35. The van der Waals surface area contributed by atoms with E-state index in [4.69, 9.17) is 14.5 Å². The van der Waals surface area contributed by atoms with Crippen molar-refractivity contribution in [3.63, 3.8) is 0 Å². The number of aryl methyl sites for hydroxylation is 2. The molecule has 5 aromatic rings. The lowest BCUT2D eigenvalue weighted by atomic mass is 10.2. The maximum absolute atomic E-state index is 10.2. The number of nitrogens with one attached hydrogen (secondary N) is 1. The van der Waals surface area contributed by atoms with Gasteiger partial charge >= 0.3 is 0 Å². The number of rotatable bonds is 6. The SMILES string of the molecule is CO[C@@H]1CN(c2ncc3ncnc(Nc4ccc(Oc5ccc6c(c5)ncn6C)c(C)c4)c3n2)C[C@@H]1O. The Morgan fingerprint density at radius 1 is 1.03 bits per heavy atom. The average Bonchev–Trinajstić information content (AvgIpc) is 3.47. The molecule has 1 saturated heterocycles. The Morgan fingerprint density at radius 2 is 1.92 bits per heavy atom. The van der Waals surface area contributed by atoms with E-state index in [1.165, 1.54) is 6.33 Å². The van der Waals surface area contributed by atoms with E-state index in [1.54, 1.807) is 19.6 Å². The van der Waals surface area contributed by atoms with Crippen molar-refractivity contribution >= 4 is 39.5 Å². The van der Waals surface area contributed by atoms with Crippen LogP contribution in [0.25, 0.3) is 22.1 Å². The minimum Gasteiger partial charge on any atom is -0.457 e. The van der Waals surface area contributed by atoms with Crippen LogP contribution in [0.4, 0.5) is 17.5 Å². The van der Waals surface area contributed by atoms with Crippen LogP contribution in [0.15, 0.2) is 55.2 Å². The number of hydrogen-bond donors (Lipinski definition) is 2. The normalized spacial score (nSPS) is 17.6. The van der Waals surface area contributed by atoms with Crippen LogP contribution in [-0.2, 0) is 11.8 Å². The van der Waals surface area contributed by atoms with Gasteiger partial charge in [0.2, 0.25) is 5.95 Å². The predicted molar refractivity (Wildman–Crippen MR) is 139 cm³/mol. The number of aliphatic hydroxyl groups is 1. The molecule has 3 aromatic heterocycles. The zero-order valence-electron chi connectivity index (χ0n) is 20.7. The van der Waals surface area contributed by atoms with Crippen LogP contribution in [0, 0.1) is 6.92 Å². The molecule has 1 fully saturated rings. The standard InChI is InChI=1S/C26H26N8O3/c1-15-8-16(4-7-22(15)37-17-5-6-20-18(9-17)30-14-33(20)2)31-25-24-19(28-13-29-25)10-27-26(32-24)34-11-21(35)23(12-34)36-3/h4-10,13-14,21,23,35H,11-12H2,1-3H3,(H,28,29,31)/t21-,23+/m0/s1. The van der Waals surface area contributed by atoms with Gasteiger partial charge in [-0.05, 0) is 42.8 Å². The summed E-state index contributed by atoms with van der Waals surface area (Å²) in [7, 11) is 3.55. The van der Waals surface area contributed by atoms with E-state index in [2.05, 4.69) is 25.3 Å². The van der Waals surface area contributed by atoms with Gasteiger partial charge < -0.3 is 29.4 Å². The molecule has 1 aliphatic heterocycles. The van der Waals surface area contributed by atoms with Crippen LogP contribution in [0.2, 0.25) is 0 Å². The second-order valence-corrected chi connectivity index (χ2v) is 9.09. The molecule has 0 saturated carbocycles. The molecule has 2 atom stereocenters. The maximum atomic E-state index is 10.2. The second kappa shape index (κ2) is 9.26. The molecule has 1 aliphatic rings. The van der Waals surface area contributed by atoms with E-state index in [0.717, 1.165) is 33.8 Å². The van der Waals surface area contributed by atoms with Gasteiger partial charge in [0.15, 0.2) is 5.82 Å². The van der Waals surface area contributed by atoms with Crippen molar-refractivity contribution in [2.24, 2.45) is 7.05 Å². The number of benzene rings is 2. The number of imidazole rings is 1. The Kier molecular flexibility index (Phi) is 5.78. The molecule has 188 valence electrons. The van der Waals surface area contributed by atoms with Crippen LogP contribution in [0.5, 0.6) is 11.5 Å². The molecule has 0 amide bonds. The van der Waals surface area contributed by atoms with Crippen molar-refractivity contribution < 1.29 is 14.6 Å². The van der Waals surface area contributed by atoms with E-state index < -0.39 is 6.10 Å². The molecule has 0 aliphatic carbocycles. The Bertz CT molecular complexity index is 1600. The third-order valence-corrected chi connectivity index (χ3v) is 6.55. The van der Waals surface area contributed by atoms with Gasteiger partial charge in [-0.3, -0.25) is 0 Å². The van der Waals surface area contributed by atoms with Gasteiger partial charge in [-0.2, -0.15) is 0 Å². The highest BCUT2D eigenvalue weighted by molar-refractivity contribution is 5.87. The third-order valence-electron chi connectivity index (χ3n) is 6.55. The third kappa shape index (κ3) is 4.39. The lowest BCUT2D eigenvalue weighted by Gasteiger charge is -2.16. The highest BCUT2D eigenvalue weighted by Crippen LogP contribution is 2.31. The minimum atomic E-state index is -0.594. The maximum Gasteiger partial charge on any atom is 0.226 e. The first-order valence-electron chi connectivity index (χ1n) is 11.9. The van der Waals surface area contributed by atoms with Crippen LogP contribution in [0.1, 0.15) is 5.56 Å². The monoisotopic (exact) mass is 498 g/mol. The zero-order chi connectivity index (χ0) is 25.5. The first-order chi connectivity index (χ1) is 18.0. The first-order valence-corrected chi connectivity index (χ1v) is 11.9. The molecule has 11 heteroatoms. The van der Waals surface area contributed by atoms with Gasteiger partial charge in [0.25, 0.3) is 0 Å². The zero-order valence-corrected chi connectivity index (χ0v) is 20.7. The number of β-amino-alcohol motifs (C(OH)–C–C–N with tert-alkyl or cyclic N) is 1. The Morgan fingerprint density at radius 3 is 2.73 bits per heavy atom. The topological polar surface area (TPSA) is 123 Å². The average molecular weight is 499 g/mol. The second-order valence-electron chi connectivity index (χ2n) is 9.09. The minimum absolute atomic E-state index is 0.279. The summed E-state index contributed by atoms with van der Waals surface area (Å²) < 4.78 is 13.5. The number of aliphatic hydroxyl groups excluding tert-OH is 1. The van der Waals surface area contributed by atoms with Crippen LogP contribution >= 0.6 is 0 Å². The summed E-state index contributed by atoms with van der Waals surface area (Å²) in [6.45, 7) is 2.89. The first kappa shape index (κ1) is 23.1. The largest absolute Gasteiger partial charge is 0.457 e. The highest BCUT2D eigenvalue weighted by atomic mass is 16.5. The van der Waals surface area contributed by atoms with Crippen molar-refractivity contribution in [2.75, 3.05) is 30.4 Å². The van der Waals surface area contributed by atoms with Gasteiger partial charge in [0, 0.05) is 39.0 Å². The lowest BCUT2D eigenvalue weighted by Crippen LogP contribution is -2.25. The number of fused-ring (bicyclic) bond motifs is 2. The Balaban J connectivity index is 1.24. The van der Waals surface area contributed by atoms with E-state index in [9.17, 15) is 5.11 Å². The lowest BCUT2D eigenvalue weighted by molar-refractivity contribution is 0.0217. The van der Waals surface area contributed by atoms with Gasteiger partial charge in [-0.25, -0.2) is 24.9 Å². The Labute approximate surface area is 212 Å².